The van der Waals surface area contributed by atoms with Crippen molar-refractivity contribution in [3.63, 3.8) is 0 Å². The van der Waals surface area contributed by atoms with Crippen LogP contribution in [0.4, 0.5) is 11.4 Å². The molecule has 0 radical (unpaired) electrons. The van der Waals surface area contributed by atoms with E-state index in [9.17, 15) is 4.79 Å². The third-order valence-corrected chi connectivity index (χ3v) is 4.23. The molecule has 2 heterocycles. The number of nitrogens with one attached hydrogen (secondary N) is 1. The van der Waals surface area contributed by atoms with Crippen LogP contribution in [0, 0.1) is 0 Å². The number of nitrogens with zero attached hydrogens (tertiary/aromatic N) is 1. The third kappa shape index (κ3) is 2.06. The topological polar surface area (TPSA) is 67.6 Å². The van der Waals surface area contributed by atoms with Crippen LogP contribution in [0.3, 0.4) is 0 Å². The Balaban J connectivity index is 2.03. The van der Waals surface area contributed by atoms with Crippen molar-refractivity contribution < 1.29 is 9.53 Å². The molecule has 1 atom stereocenters. The first-order valence-electron chi connectivity index (χ1n) is 6.65. The molecule has 0 spiro atoms. The number of nitrogens with two attached hydrogens (primary N) is 1. The molecule has 2 aliphatic rings. The summed E-state index contributed by atoms with van der Waals surface area (Å²) in [5, 5.41) is 3.42. The van der Waals surface area contributed by atoms with Crippen LogP contribution in [0.15, 0.2) is 12.1 Å². The fourth-order valence-corrected chi connectivity index (χ4v) is 3.08. The summed E-state index contributed by atoms with van der Waals surface area (Å²) < 4.78 is 5.53. The lowest BCUT2D eigenvalue weighted by atomic mass is 10.00. The number of benzene rings is 1. The van der Waals surface area contributed by atoms with Gasteiger partial charge in [-0.05, 0) is 26.0 Å². The van der Waals surface area contributed by atoms with E-state index >= 15 is 0 Å². The fourth-order valence-electron chi connectivity index (χ4n) is 2.81. The molecular weight excluding hydrogens is 278 g/mol. The van der Waals surface area contributed by atoms with Gasteiger partial charge in [-0.3, -0.25) is 4.79 Å². The maximum absolute atomic E-state index is 11.6. The molecule has 5 nitrogen and oxygen atoms in total. The second kappa shape index (κ2) is 4.62. The lowest BCUT2D eigenvalue weighted by Gasteiger charge is -2.44. The van der Waals surface area contributed by atoms with E-state index in [0.29, 0.717) is 18.2 Å². The van der Waals surface area contributed by atoms with E-state index in [-0.39, 0.29) is 11.4 Å². The van der Waals surface area contributed by atoms with Crippen molar-refractivity contribution in [3.05, 3.63) is 22.7 Å². The maximum Gasteiger partial charge on any atom is 0.245 e. The Bertz CT molecular complexity index is 574. The van der Waals surface area contributed by atoms with Crippen LogP contribution in [0.25, 0.3) is 0 Å². The monoisotopic (exact) mass is 295 g/mol. The first-order chi connectivity index (χ1) is 9.40. The van der Waals surface area contributed by atoms with Crippen molar-refractivity contribution in [1.29, 1.82) is 0 Å². The average Bonchev–Trinajstić information content (AvgIpc) is 2.65. The summed E-state index contributed by atoms with van der Waals surface area (Å²) in [5.74, 6) is -0.186. The van der Waals surface area contributed by atoms with Gasteiger partial charge in [0, 0.05) is 17.8 Å². The van der Waals surface area contributed by atoms with Crippen molar-refractivity contribution in [1.82, 2.24) is 0 Å². The van der Waals surface area contributed by atoms with Gasteiger partial charge in [0.05, 0.1) is 29.5 Å². The molecule has 108 valence electrons. The number of carbonyl (C=O) groups is 1. The van der Waals surface area contributed by atoms with Crippen molar-refractivity contribution in [2.24, 2.45) is 5.73 Å². The first-order valence-corrected chi connectivity index (χ1v) is 7.03. The molecule has 6 heteroatoms. The van der Waals surface area contributed by atoms with E-state index < -0.39 is 6.04 Å². The minimum Gasteiger partial charge on any atom is -0.377 e. The van der Waals surface area contributed by atoms with E-state index in [1.807, 2.05) is 6.07 Å². The van der Waals surface area contributed by atoms with Gasteiger partial charge in [-0.2, -0.15) is 0 Å². The number of halogens is 1. The van der Waals surface area contributed by atoms with E-state index in [2.05, 4.69) is 24.1 Å². The minimum atomic E-state index is -0.630. The Labute approximate surface area is 123 Å². The molecule has 0 saturated carbocycles. The summed E-state index contributed by atoms with van der Waals surface area (Å²) in [5.41, 5.74) is 8.12. The lowest BCUT2D eigenvalue weighted by Crippen LogP contribution is -2.53. The van der Waals surface area contributed by atoms with E-state index in [0.717, 1.165) is 23.5 Å². The second-order valence-electron chi connectivity index (χ2n) is 5.87. The Morgan fingerprint density at radius 1 is 1.50 bits per heavy atom. The Kier molecular flexibility index (Phi) is 3.16. The zero-order valence-electron chi connectivity index (χ0n) is 11.6. The van der Waals surface area contributed by atoms with E-state index in [4.69, 9.17) is 22.1 Å². The highest BCUT2D eigenvalue weighted by Crippen LogP contribution is 2.40. The predicted octanol–water partition coefficient (Wildman–Crippen LogP) is 1.91. The predicted molar refractivity (Wildman–Crippen MR) is 79.3 cm³/mol. The molecule has 3 rings (SSSR count). The van der Waals surface area contributed by atoms with Gasteiger partial charge in [-0.15, -0.1) is 0 Å². The number of carbonyl (C=O) groups excluding carboxylic acids is 1. The molecule has 1 aromatic carbocycles. The van der Waals surface area contributed by atoms with Gasteiger partial charge in [0.15, 0.2) is 0 Å². The standard InChI is InChI=1S/C14H18ClN3O2/c1-14(2)7-20-4-3-18(14)11-6-10-8(5-9(11)15)12(16)13(19)17-10/h5-6,12H,3-4,7,16H2,1-2H3,(H,17,19). The summed E-state index contributed by atoms with van der Waals surface area (Å²) in [6.07, 6.45) is 0. The van der Waals surface area contributed by atoms with Gasteiger partial charge in [0.1, 0.15) is 6.04 Å². The number of anilines is 2. The Hall–Kier alpha value is -1.30. The largest absolute Gasteiger partial charge is 0.377 e. The van der Waals surface area contributed by atoms with Crippen LogP contribution >= 0.6 is 11.6 Å². The zero-order chi connectivity index (χ0) is 14.5. The Morgan fingerprint density at radius 3 is 2.95 bits per heavy atom. The quantitative estimate of drug-likeness (QED) is 0.830. The molecule has 1 fully saturated rings. The van der Waals surface area contributed by atoms with Gasteiger partial charge < -0.3 is 20.7 Å². The number of rotatable bonds is 1. The molecule has 1 saturated heterocycles. The summed E-state index contributed by atoms with van der Waals surface area (Å²) in [6, 6.07) is 3.07. The number of amides is 1. The van der Waals surface area contributed by atoms with Gasteiger partial charge in [-0.1, -0.05) is 11.6 Å². The zero-order valence-corrected chi connectivity index (χ0v) is 12.3. The van der Waals surface area contributed by atoms with Crippen molar-refractivity contribution >= 4 is 28.9 Å². The summed E-state index contributed by atoms with van der Waals surface area (Å²) in [6.45, 7) is 6.31. The van der Waals surface area contributed by atoms with Crippen LogP contribution in [0.5, 0.6) is 0 Å². The van der Waals surface area contributed by atoms with Gasteiger partial charge >= 0.3 is 0 Å². The molecule has 1 amide bonds. The van der Waals surface area contributed by atoms with Gasteiger partial charge in [-0.25, -0.2) is 0 Å². The normalized spacial score (nSPS) is 24.5. The van der Waals surface area contributed by atoms with Crippen LogP contribution in [0.1, 0.15) is 25.5 Å². The minimum absolute atomic E-state index is 0.138. The molecule has 2 aliphatic heterocycles. The Morgan fingerprint density at radius 2 is 2.25 bits per heavy atom. The first kappa shape index (κ1) is 13.7. The molecule has 0 bridgehead atoms. The average molecular weight is 296 g/mol. The third-order valence-electron chi connectivity index (χ3n) is 3.93. The van der Waals surface area contributed by atoms with Gasteiger partial charge in [0.2, 0.25) is 5.91 Å². The molecule has 20 heavy (non-hydrogen) atoms. The van der Waals surface area contributed by atoms with E-state index in [1.165, 1.54) is 0 Å². The lowest BCUT2D eigenvalue weighted by molar-refractivity contribution is -0.116. The molecule has 1 aromatic rings. The molecule has 3 N–H and O–H groups in total. The number of hydrogen-bond donors (Lipinski definition) is 2. The molecular formula is C14H18ClN3O2. The fraction of sp³-hybridized carbons (Fsp3) is 0.500. The second-order valence-corrected chi connectivity index (χ2v) is 6.28. The van der Waals surface area contributed by atoms with Crippen molar-refractivity contribution in [3.8, 4) is 0 Å². The number of ether oxygens (including phenoxy) is 1. The summed E-state index contributed by atoms with van der Waals surface area (Å²) in [7, 11) is 0. The van der Waals surface area contributed by atoms with Crippen molar-refractivity contribution in [2.75, 3.05) is 30.0 Å². The highest BCUT2D eigenvalue weighted by molar-refractivity contribution is 6.33. The van der Waals surface area contributed by atoms with Gasteiger partial charge in [0.25, 0.3) is 0 Å². The summed E-state index contributed by atoms with van der Waals surface area (Å²) in [4.78, 5) is 13.9. The van der Waals surface area contributed by atoms with E-state index in [1.54, 1.807) is 6.07 Å². The smallest absolute Gasteiger partial charge is 0.245 e. The molecule has 0 aliphatic carbocycles. The van der Waals surface area contributed by atoms with Crippen LogP contribution < -0.4 is 16.0 Å². The number of hydrogen-bond acceptors (Lipinski definition) is 4. The highest BCUT2D eigenvalue weighted by atomic mass is 35.5. The number of morpholine rings is 1. The summed E-state index contributed by atoms with van der Waals surface area (Å²) >= 11 is 6.40. The molecule has 1 unspecified atom stereocenters. The maximum atomic E-state index is 11.6. The van der Waals surface area contributed by atoms with Crippen molar-refractivity contribution in [2.45, 2.75) is 25.4 Å². The van der Waals surface area contributed by atoms with Crippen LogP contribution in [-0.4, -0.2) is 31.2 Å². The molecule has 0 aromatic heterocycles. The van der Waals surface area contributed by atoms with Crippen LogP contribution in [0.2, 0.25) is 5.02 Å². The highest BCUT2D eigenvalue weighted by Gasteiger charge is 2.34. The SMILES string of the molecule is CC1(C)COCCN1c1cc2c(cc1Cl)C(N)C(=O)N2. The number of fused-ring (bicyclic) bond motifs is 1. The van der Waals surface area contributed by atoms with Crippen LogP contribution in [-0.2, 0) is 9.53 Å².